The summed E-state index contributed by atoms with van der Waals surface area (Å²) in [5, 5.41) is 0. The van der Waals surface area contributed by atoms with E-state index in [0.29, 0.717) is 4.48 Å². The van der Waals surface area contributed by atoms with Gasteiger partial charge >= 0.3 is 5.69 Å². The molecule has 2 unspecified atom stereocenters. The Morgan fingerprint density at radius 1 is 1.23 bits per heavy atom. The van der Waals surface area contributed by atoms with E-state index < -0.39 is 17.5 Å². The number of imidazole rings is 1. The van der Waals surface area contributed by atoms with Crippen molar-refractivity contribution in [3.63, 3.8) is 0 Å². The van der Waals surface area contributed by atoms with Crippen LogP contribution in [0.3, 0.4) is 0 Å². The van der Waals surface area contributed by atoms with Crippen LogP contribution in [-0.4, -0.2) is 30.6 Å². The van der Waals surface area contributed by atoms with Crippen LogP contribution in [0.2, 0.25) is 0 Å². The van der Waals surface area contributed by atoms with Gasteiger partial charge in [0.2, 0.25) is 12.0 Å². The maximum Gasteiger partial charge on any atom is 0.332 e. The number of rotatable bonds is 1. The third-order valence-corrected chi connectivity index (χ3v) is 4.26. The second-order valence-electron chi connectivity index (χ2n) is 5.10. The zero-order valence-corrected chi connectivity index (χ0v) is 13.7. The first-order valence-electron chi connectivity index (χ1n) is 6.52. The van der Waals surface area contributed by atoms with E-state index in [1.165, 1.54) is 29.6 Å². The summed E-state index contributed by atoms with van der Waals surface area (Å²) in [6.45, 7) is 1.79. The summed E-state index contributed by atoms with van der Waals surface area (Å²) in [7, 11) is 2.90. The highest BCUT2D eigenvalue weighted by Gasteiger charge is 2.32. The Morgan fingerprint density at radius 2 is 1.91 bits per heavy atom. The highest BCUT2D eigenvalue weighted by atomic mass is 79.9. The largest absolute Gasteiger partial charge is 0.343 e. The van der Waals surface area contributed by atoms with Crippen LogP contribution in [0.4, 0.5) is 0 Å². The lowest BCUT2D eigenvalue weighted by atomic mass is 10.2. The number of nitrogens with zero attached hydrogens (tertiary/aromatic N) is 4. The molecule has 1 aliphatic heterocycles. The van der Waals surface area contributed by atoms with Gasteiger partial charge < -0.3 is 4.74 Å². The Bertz CT molecular complexity index is 936. The molecule has 0 N–H and O–H groups in total. The Morgan fingerprint density at radius 3 is 2.59 bits per heavy atom. The summed E-state index contributed by atoms with van der Waals surface area (Å²) < 4.78 is 9.68. The third-order valence-electron chi connectivity index (χ3n) is 3.60. The summed E-state index contributed by atoms with van der Waals surface area (Å²) in [4.78, 5) is 40.6. The van der Waals surface area contributed by atoms with Gasteiger partial charge in [-0.25, -0.2) is 9.78 Å². The van der Waals surface area contributed by atoms with E-state index in [-0.39, 0.29) is 23.1 Å². The minimum Gasteiger partial charge on any atom is -0.343 e. The predicted octanol–water partition coefficient (Wildman–Crippen LogP) is 0.199. The van der Waals surface area contributed by atoms with Gasteiger partial charge in [0, 0.05) is 14.1 Å². The fraction of sp³-hybridized carbons (Fsp3) is 0.385. The number of ketones is 1. The van der Waals surface area contributed by atoms with Gasteiger partial charge in [0.25, 0.3) is 5.56 Å². The average molecular weight is 369 g/mol. The van der Waals surface area contributed by atoms with Crippen molar-refractivity contribution in [3.05, 3.63) is 37.7 Å². The number of fused-ring (bicyclic) bond motifs is 1. The normalized spacial score (nSPS) is 22.2. The quantitative estimate of drug-likeness (QED) is 0.717. The molecule has 0 amide bonds. The zero-order chi connectivity index (χ0) is 16.2. The smallest absolute Gasteiger partial charge is 0.332 e. The summed E-state index contributed by atoms with van der Waals surface area (Å²) >= 11 is 3.21. The fourth-order valence-electron chi connectivity index (χ4n) is 2.47. The van der Waals surface area contributed by atoms with Crippen LogP contribution >= 0.6 is 15.9 Å². The van der Waals surface area contributed by atoms with Crippen molar-refractivity contribution in [3.8, 4) is 0 Å². The topological polar surface area (TPSA) is 88.1 Å². The van der Waals surface area contributed by atoms with Gasteiger partial charge in [0.1, 0.15) is 0 Å². The highest BCUT2D eigenvalue weighted by molar-refractivity contribution is 9.12. The molecular formula is C13H13BrN4O4. The molecule has 0 aliphatic carbocycles. The summed E-state index contributed by atoms with van der Waals surface area (Å²) in [6, 6.07) is 0. The summed E-state index contributed by atoms with van der Waals surface area (Å²) in [5.74, 6) is -0.300. The molecule has 0 saturated carbocycles. The molecule has 0 spiro atoms. The van der Waals surface area contributed by atoms with Gasteiger partial charge in [-0.1, -0.05) is 0 Å². The maximum atomic E-state index is 12.3. The number of carbonyl (C=O) groups is 1. The number of aromatic nitrogens is 4. The van der Waals surface area contributed by atoms with Crippen LogP contribution in [0.15, 0.2) is 26.5 Å². The number of hydrogen-bond donors (Lipinski definition) is 0. The molecule has 9 heteroatoms. The second-order valence-corrected chi connectivity index (χ2v) is 5.96. The van der Waals surface area contributed by atoms with Gasteiger partial charge in [-0.15, -0.1) is 0 Å². The van der Waals surface area contributed by atoms with Crippen molar-refractivity contribution in [1.29, 1.82) is 0 Å². The van der Waals surface area contributed by atoms with E-state index in [2.05, 4.69) is 20.9 Å². The van der Waals surface area contributed by atoms with E-state index in [1.54, 1.807) is 13.0 Å². The lowest BCUT2D eigenvalue weighted by molar-refractivity contribution is -0.136. The molecule has 0 fully saturated rings. The molecule has 2 atom stereocenters. The van der Waals surface area contributed by atoms with E-state index in [1.807, 2.05) is 0 Å². The molecule has 22 heavy (non-hydrogen) atoms. The van der Waals surface area contributed by atoms with E-state index in [9.17, 15) is 14.4 Å². The standard InChI is InChI=1S/C13H13BrN4O4/c1-6-4-7(14)9(19)12(22-6)18-5-15-8-10(18)16(2)13(21)17(3)11(8)20/h4-6,12H,1-3H3. The molecule has 3 heterocycles. The Hall–Kier alpha value is -2.00. The first kappa shape index (κ1) is 14.9. The molecule has 2 aromatic heterocycles. The molecule has 2 aromatic rings. The number of hydrogen-bond acceptors (Lipinski definition) is 5. The number of halogens is 1. The van der Waals surface area contributed by atoms with Crippen LogP contribution < -0.4 is 11.2 Å². The third kappa shape index (κ3) is 2.00. The van der Waals surface area contributed by atoms with E-state index in [0.717, 1.165) is 4.57 Å². The molecule has 1 aliphatic rings. The number of carbonyl (C=O) groups excluding carboxylic acids is 1. The van der Waals surface area contributed by atoms with E-state index in [4.69, 9.17) is 4.74 Å². The average Bonchev–Trinajstić information content (AvgIpc) is 2.91. The van der Waals surface area contributed by atoms with Crippen molar-refractivity contribution in [2.75, 3.05) is 0 Å². The SMILES string of the molecule is CC1C=C(Br)C(=O)C(n2cnc3c(=O)n(C)c(=O)n(C)c32)O1. The molecule has 0 radical (unpaired) electrons. The van der Waals surface area contributed by atoms with Gasteiger partial charge in [-0.05, 0) is 28.9 Å². The van der Waals surface area contributed by atoms with Gasteiger partial charge in [-0.3, -0.25) is 23.3 Å². The maximum absolute atomic E-state index is 12.3. The lowest BCUT2D eigenvalue weighted by Crippen LogP contribution is -2.38. The first-order chi connectivity index (χ1) is 10.3. The van der Waals surface area contributed by atoms with Crippen LogP contribution in [-0.2, 0) is 23.6 Å². The van der Waals surface area contributed by atoms with Crippen molar-refractivity contribution in [1.82, 2.24) is 18.7 Å². The van der Waals surface area contributed by atoms with Crippen molar-refractivity contribution < 1.29 is 9.53 Å². The molecule has 116 valence electrons. The summed E-state index contributed by atoms with van der Waals surface area (Å²) in [5.41, 5.74) is -0.645. The molecule has 0 aromatic carbocycles. The van der Waals surface area contributed by atoms with Crippen LogP contribution in [0.5, 0.6) is 0 Å². The Labute approximate surface area is 132 Å². The van der Waals surface area contributed by atoms with E-state index >= 15 is 0 Å². The van der Waals surface area contributed by atoms with Crippen molar-refractivity contribution >= 4 is 32.9 Å². The van der Waals surface area contributed by atoms with Gasteiger partial charge in [-0.2, -0.15) is 0 Å². The van der Waals surface area contributed by atoms with Crippen molar-refractivity contribution in [2.24, 2.45) is 14.1 Å². The summed E-state index contributed by atoms with van der Waals surface area (Å²) in [6.07, 6.45) is 1.72. The number of Topliss-reactive ketones (excluding diaryl/α,β-unsaturated/α-hetero) is 1. The molecular weight excluding hydrogens is 356 g/mol. The number of aryl methyl sites for hydroxylation is 1. The molecule has 0 bridgehead atoms. The fourth-order valence-corrected chi connectivity index (χ4v) is 3.04. The first-order valence-corrected chi connectivity index (χ1v) is 7.31. The van der Waals surface area contributed by atoms with Gasteiger partial charge in [0.15, 0.2) is 11.2 Å². The van der Waals surface area contributed by atoms with Gasteiger partial charge in [0.05, 0.1) is 16.9 Å². The predicted molar refractivity (Wildman–Crippen MR) is 81.8 cm³/mol. The minimum atomic E-state index is -0.975. The van der Waals surface area contributed by atoms with Crippen molar-refractivity contribution in [2.45, 2.75) is 19.3 Å². The molecule has 0 saturated heterocycles. The zero-order valence-electron chi connectivity index (χ0n) is 12.1. The minimum absolute atomic E-state index is 0.110. The molecule has 3 rings (SSSR count). The van der Waals surface area contributed by atoms with Crippen LogP contribution in [0.25, 0.3) is 11.2 Å². The Kier molecular flexibility index (Phi) is 3.41. The lowest BCUT2D eigenvalue weighted by Gasteiger charge is -2.25. The van der Waals surface area contributed by atoms with Crippen LogP contribution in [0, 0.1) is 0 Å². The number of ether oxygens (including phenoxy) is 1. The Balaban J connectivity index is 2.30. The monoisotopic (exact) mass is 368 g/mol. The highest BCUT2D eigenvalue weighted by Crippen LogP contribution is 2.28. The second kappa shape index (κ2) is 5.03. The molecule has 8 nitrogen and oxygen atoms in total. The van der Waals surface area contributed by atoms with Crippen LogP contribution in [0.1, 0.15) is 13.2 Å².